The van der Waals surface area contributed by atoms with Gasteiger partial charge in [0, 0.05) is 31.5 Å². The lowest BCUT2D eigenvalue weighted by molar-refractivity contribution is -0.138. The first kappa shape index (κ1) is 12.0. The zero-order valence-electron chi connectivity index (χ0n) is 10.7. The molecule has 0 unspecified atom stereocenters. The molecule has 1 aliphatic carbocycles. The molecule has 2 saturated heterocycles. The van der Waals surface area contributed by atoms with E-state index in [0.29, 0.717) is 19.6 Å². The van der Waals surface area contributed by atoms with E-state index in [9.17, 15) is 9.59 Å². The Morgan fingerprint density at radius 2 is 2.17 bits per heavy atom. The first-order valence-corrected chi connectivity index (χ1v) is 6.82. The molecule has 0 N–H and O–H groups in total. The van der Waals surface area contributed by atoms with Crippen molar-refractivity contribution >= 4 is 11.8 Å². The molecule has 5 heteroatoms. The summed E-state index contributed by atoms with van der Waals surface area (Å²) in [5.74, 6) is 0.206. The number of hydrogen-bond acceptors (Lipinski definition) is 3. The van der Waals surface area contributed by atoms with Crippen LogP contribution >= 0.6 is 0 Å². The lowest BCUT2D eigenvalue weighted by Gasteiger charge is -2.25. The number of nitrogens with zero attached hydrogens (tertiary/aromatic N) is 2. The topological polar surface area (TPSA) is 49.9 Å². The molecule has 2 heterocycles. The van der Waals surface area contributed by atoms with Crippen LogP contribution in [0, 0.1) is 5.41 Å². The normalized spacial score (nSPS) is 26.6. The van der Waals surface area contributed by atoms with Gasteiger partial charge in [0.15, 0.2) is 0 Å². The van der Waals surface area contributed by atoms with Crippen molar-refractivity contribution in [3.05, 3.63) is 0 Å². The summed E-state index contributed by atoms with van der Waals surface area (Å²) in [6.07, 6.45) is 3.82. The predicted octanol–water partition coefficient (Wildman–Crippen LogP) is 0.248. The Morgan fingerprint density at radius 3 is 2.83 bits per heavy atom. The zero-order valence-corrected chi connectivity index (χ0v) is 10.7. The summed E-state index contributed by atoms with van der Waals surface area (Å²) < 4.78 is 5.57. The molecule has 3 rings (SSSR count). The van der Waals surface area contributed by atoms with Crippen LogP contribution in [0.25, 0.3) is 0 Å². The van der Waals surface area contributed by atoms with Gasteiger partial charge in [-0.3, -0.25) is 9.59 Å². The summed E-state index contributed by atoms with van der Waals surface area (Å²) >= 11 is 0. The third-order valence-electron chi connectivity index (χ3n) is 4.25. The van der Waals surface area contributed by atoms with Crippen molar-refractivity contribution < 1.29 is 14.3 Å². The quantitative estimate of drug-likeness (QED) is 0.708. The first-order chi connectivity index (χ1) is 8.69. The predicted molar refractivity (Wildman–Crippen MR) is 64.9 cm³/mol. The van der Waals surface area contributed by atoms with Gasteiger partial charge in [0.2, 0.25) is 11.8 Å². The SMILES string of the molecule is O=C1CCCN1CC(=O)N1CCOCC2(CC2)C1. The highest BCUT2D eigenvalue weighted by molar-refractivity contribution is 5.86. The fourth-order valence-corrected chi connectivity index (χ4v) is 2.82. The molecule has 5 nitrogen and oxygen atoms in total. The lowest BCUT2D eigenvalue weighted by atomic mass is 10.1. The Kier molecular flexibility index (Phi) is 3.01. The highest BCUT2D eigenvalue weighted by atomic mass is 16.5. The van der Waals surface area contributed by atoms with E-state index < -0.39 is 0 Å². The molecule has 1 saturated carbocycles. The van der Waals surface area contributed by atoms with E-state index in [4.69, 9.17) is 4.74 Å². The number of hydrogen-bond donors (Lipinski definition) is 0. The van der Waals surface area contributed by atoms with E-state index in [1.54, 1.807) is 4.90 Å². The summed E-state index contributed by atoms with van der Waals surface area (Å²) in [7, 11) is 0. The van der Waals surface area contributed by atoms with Crippen LogP contribution in [0.2, 0.25) is 0 Å². The summed E-state index contributed by atoms with van der Waals surface area (Å²) in [5, 5.41) is 0. The van der Waals surface area contributed by atoms with Gasteiger partial charge in [-0.25, -0.2) is 0 Å². The third-order valence-corrected chi connectivity index (χ3v) is 4.25. The second kappa shape index (κ2) is 4.53. The van der Waals surface area contributed by atoms with Crippen LogP contribution in [0.1, 0.15) is 25.7 Å². The molecular weight excluding hydrogens is 232 g/mol. The molecule has 1 spiro atoms. The minimum absolute atomic E-state index is 0.0852. The molecule has 0 aromatic carbocycles. The number of amides is 2. The molecule has 0 aromatic rings. The summed E-state index contributed by atoms with van der Waals surface area (Å²) in [6, 6.07) is 0. The maximum atomic E-state index is 12.2. The van der Waals surface area contributed by atoms with Crippen LogP contribution in [0.15, 0.2) is 0 Å². The smallest absolute Gasteiger partial charge is 0.242 e. The van der Waals surface area contributed by atoms with Crippen molar-refractivity contribution in [3.63, 3.8) is 0 Å². The highest BCUT2D eigenvalue weighted by Crippen LogP contribution is 2.47. The largest absolute Gasteiger partial charge is 0.379 e. The maximum absolute atomic E-state index is 12.2. The number of likely N-dealkylation sites (tertiary alicyclic amines) is 1. The fourth-order valence-electron chi connectivity index (χ4n) is 2.82. The second-order valence-electron chi connectivity index (χ2n) is 5.79. The van der Waals surface area contributed by atoms with Gasteiger partial charge < -0.3 is 14.5 Å². The van der Waals surface area contributed by atoms with Gasteiger partial charge in [0.1, 0.15) is 0 Å². The van der Waals surface area contributed by atoms with E-state index in [-0.39, 0.29) is 23.8 Å². The van der Waals surface area contributed by atoms with Crippen molar-refractivity contribution in [2.24, 2.45) is 5.41 Å². The van der Waals surface area contributed by atoms with Gasteiger partial charge in [-0.05, 0) is 19.3 Å². The molecule has 2 aliphatic heterocycles. The minimum Gasteiger partial charge on any atom is -0.379 e. The van der Waals surface area contributed by atoms with Gasteiger partial charge in [-0.1, -0.05) is 0 Å². The minimum atomic E-state index is 0.0852. The third kappa shape index (κ3) is 2.36. The van der Waals surface area contributed by atoms with Gasteiger partial charge in [-0.2, -0.15) is 0 Å². The van der Waals surface area contributed by atoms with Gasteiger partial charge in [-0.15, -0.1) is 0 Å². The lowest BCUT2D eigenvalue weighted by Crippen LogP contribution is -2.43. The van der Waals surface area contributed by atoms with Crippen molar-refractivity contribution in [2.75, 3.05) is 39.4 Å². The first-order valence-electron chi connectivity index (χ1n) is 6.82. The second-order valence-corrected chi connectivity index (χ2v) is 5.79. The number of rotatable bonds is 2. The molecule has 0 atom stereocenters. The van der Waals surface area contributed by atoms with Gasteiger partial charge in [0.25, 0.3) is 0 Å². The zero-order chi connectivity index (χ0) is 12.6. The van der Waals surface area contributed by atoms with E-state index >= 15 is 0 Å². The van der Waals surface area contributed by atoms with Crippen LogP contribution in [-0.4, -0.2) is 61.0 Å². The van der Waals surface area contributed by atoms with E-state index in [1.807, 2.05) is 4.90 Å². The van der Waals surface area contributed by atoms with Crippen LogP contribution in [0.5, 0.6) is 0 Å². The highest BCUT2D eigenvalue weighted by Gasteiger charge is 2.46. The van der Waals surface area contributed by atoms with Crippen molar-refractivity contribution in [1.29, 1.82) is 0 Å². The Hall–Kier alpha value is -1.10. The molecule has 0 aromatic heterocycles. The van der Waals surface area contributed by atoms with Gasteiger partial charge in [0.05, 0.1) is 19.8 Å². The van der Waals surface area contributed by atoms with Crippen LogP contribution < -0.4 is 0 Å². The molecule has 100 valence electrons. The maximum Gasteiger partial charge on any atom is 0.242 e. The number of carbonyl (C=O) groups is 2. The summed E-state index contributed by atoms with van der Waals surface area (Å²) in [5.41, 5.74) is 0.237. The molecular formula is C13H20N2O3. The number of carbonyl (C=O) groups excluding carboxylic acids is 2. The van der Waals surface area contributed by atoms with Crippen molar-refractivity contribution in [3.8, 4) is 0 Å². The van der Waals surface area contributed by atoms with E-state index in [0.717, 1.165) is 26.1 Å². The fraction of sp³-hybridized carbons (Fsp3) is 0.846. The summed E-state index contributed by atoms with van der Waals surface area (Å²) in [4.78, 5) is 27.4. The van der Waals surface area contributed by atoms with Crippen LogP contribution in [0.4, 0.5) is 0 Å². The van der Waals surface area contributed by atoms with Gasteiger partial charge >= 0.3 is 0 Å². The Bertz CT molecular complexity index is 365. The average Bonchev–Trinajstić information content (AvgIpc) is 3.07. The van der Waals surface area contributed by atoms with E-state index in [1.165, 1.54) is 12.8 Å². The molecule has 18 heavy (non-hydrogen) atoms. The molecule has 0 bridgehead atoms. The Morgan fingerprint density at radius 1 is 1.33 bits per heavy atom. The molecule has 3 fully saturated rings. The van der Waals surface area contributed by atoms with E-state index in [2.05, 4.69) is 0 Å². The Balaban J connectivity index is 1.59. The van der Waals surface area contributed by atoms with Crippen LogP contribution in [0.3, 0.4) is 0 Å². The number of ether oxygens (including phenoxy) is 1. The monoisotopic (exact) mass is 252 g/mol. The van der Waals surface area contributed by atoms with Crippen LogP contribution in [-0.2, 0) is 14.3 Å². The van der Waals surface area contributed by atoms with Crippen molar-refractivity contribution in [1.82, 2.24) is 9.80 Å². The summed E-state index contributed by atoms with van der Waals surface area (Å²) in [6.45, 7) is 3.90. The molecule has 0 radical (unpaired) electrons. The molecule has 2 amide bonds. The molecule has 3 aliphatic rings. The standard InChI is InChI=1S/C13H20N2O3/c16-11-2-1-5-14(11)8-12(17)15-6-7-18-10-13(9-15)3-4-13/h1-10H2. The van der Waals surface area contributed by atoms with Crippen molar-refractivity contribution in [2.45, 2.75) is 25.7 Å². The Labute approximate surface area is 107 Å². The average molecular weight is 252 g/mol.